The Balaban J connectivity index is 1.65. The van der Waals surface area contributed by atoms with Crippen molar-refractivity contribution in [2.45, 2.75) is 50.8 Å². The summed E-state index contributed by atoms with van der Waals surface area (Å²) in [4.78, 5) is 10.1. The zero-order valence-corrected chi connectivity index (χ0v) is 17.8. The van der Waals surface area contributed by atoms with Crippen molar-refractivity contribution in [2.75, 3.05) is 7.11 Å². The van der Waals surface area contributed by atoms with Gasteiger partial charge in [0.15, 0.2) is 5.66 Å². The maximum atomic E-state index is 14.1. The van der Waals surface area contributed by atoms with Gasteiger partial charge < -0.3 is 10.5 Å². The van der Waals surface area contributed by atoms with E-state index in [0.29, 0.717) is 17.0 Å². The van der Waals surface area contributed by atoms with Crippen molar-refractivity contribution in [2.24, 2.45) is 21.1 Å². The second-order valence-corrected chi connectivity index (χ2v) is 8.97. The van der Waals surface area contributed by atoms with Crippen LogP contribution in [-0.2, 0) is 16.8 Å². The number of aliphatic imine (C=N–C) groups is 2. The molecule has 5 rings (SSSR count). The summed E-state index contributed by atoms with van der Waals surface area (Å²) in [5.74, 6) is 0.0691. The molecule has 6 heteroatoms. The van der Waals surface area contributed by atoms with Crippen LogP contribution in [0.1, 0.15) is 49.3 Å². The Bertz CT molecular complexity index is 1150. The minimum Gasteiger partial charge on any atom is -0.382 e. The monoisotopic (exact) mass is 416 g/mol. The summed E-state index contributed by atoms with van der Waals surface area (Å²) < 4.78 is 19.7. The lowest BCUT2D eigenvalue weighted by Gasteiger charge is -2.44. The minimum absolute atomic E-state index is 0.134. The van der Waals surface area contributed by atoms with Crippen LogP contribution in [0, 0.1) is 22.6 Å². The van der Waals surface area contributed by atoms with Crippen molar-refractivity contribution in [1.29, 1.82) is 5.26 Å². The van der Waals surface area contributed by atoms with E-state index in [-0.39, 0.29) is 11.5 Å². The number of nitrogens with zero attached hydrogens (tertiary/aromatic N) is 3. The Morgan fingerprint density at radius 2 is 1.90 bits per heavy atom. The van der Waals surface area contributed by atoms with Crippen LogP contribution in [0.3, 0.4) is 0 Å². The third-order valence-corrected chi connectivity index (χ3v) is 7.32. The summed E-state index contributed by atoms with van der Waals surface area (Å²) in [5, 5.41) is 9.25. The molecule has 2 N–H and O–H groups in total. The van der Waals surface area contributed by atoms with Crippen LogP contribution in [0.25, 0.3) is 11.1 Å². The molecule has 1 atom stereocenters. The SMILES string of the molecule is COC1CCC2(CC1)Cc1ccc(-c3cc(F)cc(C#N)c3)cc1[C@]21N=C(C)C(N)=N1. The van der Waals surface area contributed by atoms with E-state index in [0.717, 1.165) is 48.9 Å². The normalized spacial score (nSPS) is 29.0. The second-order valence-electron chi connectivity index (χ2n) is 8.97. The molecule has 5 nitrogen and oxygen atoms in total. The van der Waals surface area contributed by atoms with E-state index < -0.39 is 11.5 Å². The van der Waals surface area contributed by atoms with Gasteiger partial charge in [0, 0.05) is 18.1 Å². The highest BCUT2D eigenvalue weighted by atomic mass is 19.1. The standard InChI is InChI=1S/C25H25FN4O/c1-15-23(28)30-25(29-15)22-12-17(19-9-16(14-27)10-20(26)11-19)3-4-18(22)13-24(25)7-5-21(31-2)6-8-24/h3-4,9-12,21H,5-8,13H2,1-2H3,(H2,28,30)/t21?,24?,25-/m1/s1. The summed E-state index contributed by atoms with van der Waals surface area (Å²) in [7, 11) is 1.77. The fraction of sp³-hybridized carbons (Fsp3) is 0.400. The number of halogens is 1. The molecule has 1 saturated carbocycles. The molecule has 2 aliphatic carbocycles. The van der Waals surface area contributed by atoms with Gasteiger partial charge in [-0.3, -0.25) is 4.99 Å². The lowest BCUT2D eigenvalue weighted by molar-refractivity contribution is -0.000372. The highest BCUT2D eigenvalue weighted by molar-refractivity contribution is 6.41. The Labute approximate surface area is 181 Å². The molecule has 0 unspecified atom stereocenters. The summed E-state index contributed by atoms with van der Waals surface area (Å²) in [6.07, 6.45) is 5.02. The number of amidine groups is 1. The van der Waals surface area contributed by atoms with E-state index in [2.05, 4.69) is 12.1 Å². The van der Waals surface area contributed by atoms with E-state index in [1.807, 2.05) is 19.1 Å². The molecule has 0 amide bonds. The third kappa shape index (κ3) is 2.91. The summed E-state index contributed by atoms with van der Waals surface area (Å²) >= 11 is 0. The Hall–Kier alpha value is -3.04. The highest BCUT2D eigenvalue weighted by Crippen LogP contribution is 2.62. The van der Waals surface area contributed by atoms with Crippen molar-refractivity contribution in [3.63, 3.8) is 0 Å². The molecule has 1 aliphatic heterocycles. The van der Waals surface area contributed by atoms with Crippen LogP contribution in [0.15, 0.2) is 46.4 Å². The van der Waals surface area contributed by atoms with E-state index in [1.165, 1.54) is 17.7 Å². The zero-order chi connectivity index (χ0) is 21.8. The third-order valence-electron chi connectivity index (χ3n) is 7.32. The Kier molecular flexibility index (Phi) is 4.49. The molecule has 0 radical (unpaired) electrons. The van der Waals surface area contributed by atoms with Gasteiger partial charge in [-0.05, 0) is 80.0 Å². The maximum absolute atomic E-state index is 14.1. The van der Waals surface area contributed by atoms with Gasteiger partial charge in [0.1, 0.15) is 11.7 Å². The molecule has 1 fully saturated rings. The van der Waals surface area contributed by atoms with E-state index in [9.17, 15) is 9.65 Å². The number of nitriles is 1. The summed E-state index contributed by atoms with van der Waals surface area (Å²) in [5.41, 5.74) is 10.2. The number of hydrogen-bond acceptors (Lipinski definition) is 5. The molecule has 158 valence electrons. The number of hydrogen-bond donors (Lipinski definition) is 1. The maximum Gasteiger partial charge on any atom is 0.184 e. The molecule has 2 aromatic rings. The van der Waals surface area contributed by atoms with Gasteiger partial charge in [-0.15, -0.1) is 0 Å². The van der Waals surface area contributed by atoms with Crippen molar-refractivity contribution >= 4 is 11.5 Å². The first-order chi connectivity index (χ1) is 14.9. The number of rotatable bonds is 2. The molecule has 0 bridgehead atoms. The molecule has 2 aromatic carbocycles. The average Bonchev–Trinajstić information content (AvgIpc) is 3.21. The van der Waals surface area contributed by atoms with E-state index in [4.69, 9.17) is 20.5 Å². The minimum atomic E-state index is -0.739. The van der Waals surface area contributed by atoms with Crippen molar-refractivity contribution < 1.29 is 9.13 Å². The molecular weight excluding hydrogens is 391 g/mol. The zero-order valence-electron chi connectivity index (χ0n) is 17.8. The largest absolute Gasteiger partial charge is 0.382 e. The average molecular weight is 417 g/mol. The lowest BCUT2D eigenvalue weighted by atomic mass is 9.65. The van der Waals surface area contributed by atoms with Gasteiger partial charge in [0.05, 0.1) is 23.4 Å². The first-order valence-electron chi connectivity index (χ1n) is 10.7. The van der Waals surface area contributed by atoms with Crippen LogP contribution in [-0.4, -0.2) is 24.8 Å². The molecule has 31 heavy (non-hydrogen) atoms. The van der Waals surface area contributed by atoms with Crippen LogP contribution < -0.4 is 5.73 Å². The van der Waals surface area contributed by atoms with Gasteiger partial charge in [-0.2, -0.15) is 5.26 Å². The number of nitrogens with two attached hydrogens (primary N) is 1. The van der Waals surface area contributed by atoms with Crippen LogP contribution in [0.4, 0.5) is 4.39 Å². The fourth-order valence-corrected chi connectivity index (χ4v) is 5.67. The van der Waals surface area contributed by atoms with Gasteiger partial charge in [-0.25, -0.2) is 9.38 Å². The number of ether oxygens (including phenoxy) is 1. The van der Waals surface area contributed by atoms with Gasteiger partial charge in [-0.1, -0.05) is 12.1 Å². The number of methoxy groups -OCH3 is 1. The summed E-state index contributed by atoms with van der Waals surface area (Å²) in [6, 6.07) is 12.6. The van der Waals surface area contributed by atoms with Crippen molar-refractivity contribution in [3.8, 4) is 17.2 Å². The quantitative estimate of drug-likeness (QED) is 0.783. The molecule has 0 saturated heterocycles. The van der Waals surface area contributed by atoms with Gasteiger partial charge in [0.2, 0.25) is 0 Å². The van der Waals surface area contributed by atoms with Gasteiger partial charge in [0.25, 0.3) is 0 Å². The second kappa shape index (κ2) is 7.00. The topological polar surface area (TPSA) is 83.8 Å². The van der Waals surface area contributed by atoms with Crippen LogP contribution >= 0.6 is 0 Å². The highest BCUT2D eigenvalue weighted by Gasteiger charge is 2.60. The molecule has 1 heterocycles. The van der Waals surface area contributed by atoms with E-state index in [1.54, 1.807) is 13.2 Å². The predicted molar refractivity (Wildman–Crippen MR) is 118 cm³/mol. The molecule has 0 aromatic heterocycles. The van der Waals surface area contributed by atoms with Gasteiger partial charge >= 0.3 is 0 Å². The Morgan fingerprint density at radius 1 is 1.13 bits per heavy atom. The molecule has 3 aliphatic rings. The number of benzene rings is 2. The van der Waals surface area contributed by atoms with Crippen LogP contribution in [0.5, 0.6) is 0 Å². The fourth-order valence-electron chi connectivity index (χ4n) is 5.67. The van der Waals surface area contributed by atoms with Crippen molar-refractivity contribution in [3.05, 3.63) is 58.9 Å². The van der Waals surface area contributed by atoms with Crippen LogP contribution in [0.2, 0.25) is 0 Å². The predicted octanol–water partition coefficient (Wildman–Crippen LogP) is 4.48. The molecular formula is C25H25FN4O. The smallest absolute Gasteiger partial charge is 0.184 e. The molecule has 2 spiro atoms. The number of fused-ring (bicyclic) bond motifs is 3. The first kappa shape index (κ1) is 19.9. The lowest BCUT2D eigenvalue weighted by Crippen LogP contribution is -2.43. The summed E-state index contributed by atoms with van der Waals surface area (Å²) in [6.45, 7) is 1.91. The van der Waals surface area contributed by atoms with Crippen molar-refractivity contribution in [1.82, 2.24) is 0 Å². The van der Waals surface area contributed by atoms with E-state index >= 15 is 0 Å². The first-order valence-corrected chi connectivity index (χ1v) is 10.7. The Morgan fingerprint density at radius 3 is 2.55 bits per heavy atom.